The van der Waals surface area contributed by atoms with Crippen LogP contribution in [0.3, 0.4) is 0 Å². The highest BCUT2D eigenvalue weighted by molar-refractivity contribution is 5.86. The van der Waals surface area contributed by atoms with E-state index in [1.165, 1.54) is 25.1 Å². The fourth-order valence-electron chi connectivity index (χ4n) is 3.17. The topological polar surface area (TPSA) is 75.4 Å². The summed E-state index contributed by atoms with van der Waals surface area (Å²) < 4.78 is 1.13. The Morgan fingerprint density at radius 2 is 2.00 bits per heavy atom. The summed E-state index contributed by atoms with van der Waals surface area (Å²) in [6, 6.07) is 1.11. The van der Waals surface area contributed by atoms with Gasteiger partial charge in [0, 0.05) is 19.3 Å². The van der Waals surface area contributed by atoms with Gasteiger partial charge in [-0.25, -0.2) is 9.59 Å². The highest BCUT2D eigenvalue weighted by Crippen LogP contribution is 2.39. The maximum Gasteiger partial charge on any atom is 0.356 e. The van der Waals surface area contributed by atoms with Crippen LogP contribution in [0.25, 0.3) is 0 Å². The van der Waals surface area contributed by atoms with Crippen LogP contribution in [-0.2, 0) is 0 Å². The molecule has 1 aliphatic heterocycles. The quantitative estimate of drug-likeness (QED) is 0.926. The Balaban J connectivity index is 2.01. The van der Waals surface area contributed by atoms with E-state index in [0.717, 1.165) is 37.0 Å². The van der Waals surface area contributed by atoms with Gasteiger partial charge >= 0.3 is 12.0 Å². The molecule has 1 aromatic heterocycles. The van der Waals surface area contributed by atoms with Crippen LogP contribution in [0.2, 0.25) is 0 Å². The molecule has 0 saturated carbocycles. The maximum atomic E-state index is 12.3. The van der Waals surface area contributed by atoms with E-state index in [9.17, 15) is 9.59 Å². The molecule has 1 aromatic rings. The molecule has 0 aliphatic carbocycles. The van der Waals surface area contributed by atoms with E-state index >= 15 is 0 Å². The first-order chi connectivity index (χ1) is 10.0. The zero-order valence-corrected chi connectivity index (χ0v) is 12.7. The van der Waals surface area contributed by atoms with Crippen molar-refractivity contribution < 1.29 is 14.7 Å². The molecule has 2 heterocycles. The second-order valence-electron chi connectivity index (χ2n) is 5.82. The molecule has 0 unspecified atom stereocenters. The van der Waals surface area contributed by atoms with Crippen LogP contribution in [0.1, 0.15) is 56.4 Å². The summed E-state index contributed by atoms with van der Waals surface area (Å²) in [5.41, 5.74) is 0.260. The number of likely N-dealkylation sites (tertiary alicyclic amines) is 1. The molecule has 21 heavy (non-hydrogen) atoms. The van der Waals surface area contributed by atoms with E-state index in [1.807, 2.05) is 0 Å². The minimum absolute atomic E-state index is 0.103. The summed E-state index contributed by atoms with van der Waals surface area (Å²) in [5.74, 6) is -1.12. The molecular formula is C15H23N3O3. The third-order valence-corrected chi connectivity index (χ3v) is 4.63. The summed E-state index contributed by atoms with van der Waals surface area (Å²) in [5, 5.41) is 12.7. The Labute approximate surface area is 124 Å². The van der Waals surface area contributed by atoms with Crippen molar-refractivity contribution >= 4 is 12.0 Å². The van der Waals surface area contributed by atoms with Crippen LogP contribution in [0.4, 0.5) is 4.79 Å². The van der Waals surface area contributed by atoms with E-state index in [2.05, 4.69) is 18.9 Å². The second-order valence-corrected chi connectivity index (χ2v) is 5.82. The molecule has 1 aliphatic rings. The molecule has 1 amide bonds. The van der Waals surface area contributed by atoms with Gasteiger partial charge in [-0.15, -0.1) is 0 Å². The normalized spacial score (nSPS) is 17.7. The van der Waals surface area contributed by atoms with E-state index in [1.54, 1.807) is 4.90 Å². The SMILES string of the molecule is CCCC1(CC)CCN(C(=O)n2ccc(C(=O)O)n2)CC1. The second kappa shape index (κ2) is 6.28. The molecule has 6 heteroatoms. The Hall–Kier alpha value is -1.85. The summed E-state index contributed by atoms with van der Waals surface area (Å²) in [6.45, 7) is 5.86. The third-order valence-electron chi connectivity index (χ3n) is 4.63. The van der Waals surface area contributed by atoms with Crippen LogP contribution in [0.15, 0.2) is 12.3 Å². The van der Waals surface area contributed by atoms with Gasteiger partial charge in [0.05, 0.1) is 0 Å². The number of amides is 1. The zero-order chi connectivity index (χ0) is 15.5. The summed E-state index contributed by atoms with van der Waals surface area (Å²) in [7, 11) is 0. The lowest BCUT2D eigenvalue weighted by Crippen LogP contribution is -2.44. The Morgan fingerprint density at radius 3 is 2.48 bits per heavy atom. The number of aromatic nitrogens is 2. The van der Waals surface area contributed by atoms with Crippen LogP contribution >= 0.6 is 0 Å². The molecule has 0 atom stereocenters. The van der Waals surface area contributed by atoms with Crippen molar-refractivity contribution in [2.75, 3.05) is 13.1 Å². The van der Waals surface area contributed by atoms with Gasteiger partial charge < -0.3 is 10.0 Å². The van der Waals surface area contributed by atoms with E-state index in [0.29, 0.717) is 5.41 Å². The molecule has 1 N–H and O–H groups in total. The molecular weight excluding hydrogens is 270 g/mol. The first-order valence-electron chi connectivity index (χ1n) is 7.59. The Bertz CT molecular complexity index is 516. The van der Waals surface area contributed by atoms with E-state index in [-0.39, 0.29) is 11.7 Å². The fraction of sp³-hybridized carbons (Fsp3) is 0.667. The van der Waals surface area contributed by atoms with Crippen molar-refractivity contribution in [3.05, 3.63) is 18.0 Å². The van der Waals surface area contributed by atoms with Crippen molar-refractivity contribution in [1.82, 2.24) is 14.7 Å². The highest BCUT2D eigenvalue weighted by Gasteiger charge is 2.34. The maximum absolute atomic E-state index is 12.3. The van der Waals surface area contributed by atoms with Gasteiger partial charge in [-0.05, 0) is 30.7 Å². The van der Waals surface area contributed by atoms with Gasteiger partial charge in [-0.3, -0.25) is 0 Å². The Kier molecular flexibility index (Phi) is 4.65. The predicted molar refractivity (Wildman–Crippen MR) is 78.4 cm³/mol. The third kappa shape index (κ3) is 3.25. The van der Waals surface area contributed by atoms with Gasteiger partial charge in [0.1, 0.15) is 0 Å². The number of carboxylic acids is 1. The van der Waals surface area contributed by atoms with E-state index < -0.39 is 5.97 Å². The van der Waals surface area contributed by atoms with Gasteiger partial charge in [0.25, 0.3) is 0 Å². The molecule has 0 spiro atoms. The van der Waals surface area contributed by atoms with Gasteiger partial charge in [-0.1, -0.05) is 26.7 Å². The monoisotopic (exact) mass is 293 g/mol. The number of carboxylic acid groups (broad SMARTS) is 1. The number of hydrogen-bond donors (Lipinski definition) is 1. The number of nitrogens with zero attached hydrogens (tertiary/aromatic N) is 3. The van der Waals surface area contributed by atoms with Crippen molar-refractivity contribution in [2.45, 2.75) is 46.0 Å². The van der Waals surface area contributed by atoms with Gasteiger partial charge in [0.15, 0.2) is 5.69 Å². The van der Waals surface area contributed by atoms with Gasteiger partial charge in [0.2, 0.25) is 0 Å². The molecule has 1 fully saturated rings. The molecule has 116 valence electrons. The first kappa shape index (κ1) is 15.5. The van der Waals surface area contributed by atoms with Gasteiger partial charge in [-0.2, -0.15) is 9.78 Å². The molecule has 1 saturated heterocycles. The minimum atomic E-state index is -1.12. The fourth-order valence-corrected chi connectivity index (χ4v) is 3.17. The predicted octanol–water partition coefficient (Wildman–Crippen LogP) is 2.84. The van der Waals surface area contributed by atoms with Crippen LogP contribution in [0, 0.1) is 5.41 Å². The van der Waals surface area contributed by atoms with Crippen LogP contribution < -0.4 is 0 Å². The van der Waals surface area contributed by atoms with Crippen molar-refractivity contribution in [1.29, 1.82) is 0 Å². The van der Waals surface area contributed by atoms with Crippen molar-refractivity contribution in [3.8, 4) is 0 Å². The number of aromatic carboxylic acids is 1. The molecule has 2 rings (SSSR count). The zero-order valence-electron chi connectivity index (χ0n) is 12.7. The average Bonchev–Trinajstić information content (AvgIpc) is 2.97. The highest BCUT2D eigenvalue weighted by atomic mass is 16.4. The average molecular weight is 293 g/mol. The number of hydrogen-bond acceptors (Lipinski definition) is 3. The summed E-state index contributed by atoms with van der Waals surface area (Å²) in [6.07, 6.45) is 6.96. The van der Waals surface area contributed by atoms with E-state index in [4.69, 9.17) is 5.11 Å². The number of piperidine rings is 1. The van der Waals surface area contributed by atoms with Crippen LogP contribution in [0.5, 0.6) is 0 Å². The number of rotatable bonds is 4. The van der Waals surface area contributed by atoms with Crippen LogP contribution in [-0.4, -0.2) is 44.9 Å². The largest absolute Gasteiger partial charge is 0.476 e. The smallest absolute Gasteiger partial charge is 0.356 e. The summed E-state index contributed by atoms with van der Waals surface area (Å²) in [4.78, 5) is 24.9. The number of carbonyl (C=O) groups is 2. The Morgan fingerprint density at radius 1 is 1.33 bits per heavy atom. The molecule has 6 nitrogen and oxygen atoms in total. The van der Waals surface area contributed by atoms with Crippen molar-refractivity contribution in [2.24, 2.45) is 5.41 Å². The van der Waals surface area contributed by atoms with Crippen molar-refractivity contribution in [3.63, 3.8) is 0 Å². The molecule has 0 bridgehead atoms. The number of carbonyl (C=O) groups excluding carboxylic acids is 1. The standard InChI is InChI=1S/C15H23N3O3/c1-3-6-15(4-2)7-10-17(11-8-15)14(21)18-9-5-12(16-18)13(19)20/h5,9H,3-4,6-8,10-11H2,1-2H3,(H,19,20). The lowest BCUT2D eigenvalue weighted by Gasteiger charge is -2.41. The lowest BCUT2D eigenvalue weighted by atomic mass is 9.73. The molecule has 0 radical (unpaired) electrons. The molecule has 0 aromatic carbocycles. The first-order valence-corrected chi connectivity index (χ1v) is 7.59. The minimum Gasteiger partial charge on any atom is -0.476 e. The lowest BCUT2D eigenvalue weighted by molar-refractivity contribution is 0.0689. The summed E-state index contributed by atoms with van der Waals surface area (Å²) >= 11 is 0.